The first-order valence-corrected chi connectivity index (χ1v) is 7.11. The molecule has 0 spiro atoms. The van der Waals surface area contributed by atoms with Crippen LogP contribution in [0.15, 0.2) is 59.5 Å². The van der Waals surface area contributed by atoms with Gasteiger partial charge in [-0.15, -0.1) is 0 Å². The van der Waals surface area contributed by atoms with Crippen molar-refractivity contribution >= 4 is 0 Å². The Balaban J connectivity index is 1.86. The van der Waals surface area contributed by atoms with Gasteiger partial charge in [-0.1, -0.05) is 25.1 Å². The number of rotatable bonds is 5. The van der Waals surface area contributed by atoms with Crippen LogP contribution in [-0.2, 0) is 6.54 Å². The molecule has 3 aromatic rings. The van der Waals surface area contributed by atoms with Crippen molar-refractivity contribution in [3.63, 3.8) is 0 Å². The fourth-order valence-electron chi connectivity index (χ4n) is 2.25. The van der Waals surface area contributed by atoms with Crippen LogP contribution in [0.4, 0.5) is 0 Å². The number of aromatic nitrogens is 2. The zero-order valence-corrected chi connectivity index (χ0v) is 11.9. The van der Waals surface area contributed by atoms with Gasteiger partial charge in [-0.05, 0) is 30.2 Å². The van der Waals surface area contributed by atoms with Gasteiger partial charge in [0.15, 0.2) is 0 Å². The number of hydrogen-bond donors (Lipinski definition) is 1. The molecule has 0 aliphatic rings. The van der Waals surface area contributed by atoms with Crippen LogP contribution in [0.25, 0.3) is 22.4 Å². The molecule has 2 heterocycles. The summed E-state index contributed by atoms with van der Waals surface area (Å²) in [6, 6.07) is 12.1. The van der Waals surface area contributed by atoms with Gasteiger partial charge in [0.1, 0.15) is 0 Å². The minimum Gasteiger partial charge on any atom is -0.472 e. The Morgan fingerprint density at radius 3 is 2.81 bits per heavy atom. The molecule has 2 aromatic heterocycles. The summed E-state index contributed by atoms with van der Waals surface area (Å²) < 4.78 is 6.91. The third kappa shape index (κ3) is 3.06. The van der Waals surface area contributed by atoms with Crippen LogP contribution in [0.5, 0.6) is 0 Å². The standard InChI is InChI=1S/C17H18N2O2/c1-2-16(20)11-19-8-6-17(18-19)14-5-3-4-13(10-14)15-7-9-21-12-15/h3-10,12,16,20H,2,11H2,1H3. The minimum absolute atomic E-state index is 0.352. The number of furan rings is 1. The molecule has 0 fully saturated rings. The van der Waals surface area contributed by atoms with Gasteiger partial charge >= 0.3 is 0 Å². The van der Waals surface area contributed by atoms with Crippen molar-refractivity contribution in [3.05, 3.63) is 55.1 Å². The highest BCUT2D eigenvalue weighted by molar-refractivity contribution is 5.70. The Morgan fingerprint density at radius 2 is 2.05 bits per heavy atom. The summed E-state index contributed by atoms with van der Waals surface area (Å²) in [7, 11) is 0. The van der Waals surface area contributed by atoms with E-state index >= 15 is 0 Å². The van der Waals surface area contributed by atoms with Crippen LogP contribution >= 0.6 is 0 Å². The molecule has 0 bridgehead atoms. The van der Waals surface area contributed by atoms with E-state index in [1.54, 1.807) is 17.2 Å². The summed E-state index contributed by atoms with van der Waals surface area (Å²) in [5.41, 5.74) is 4.11. The lowest BCUT2D eigenvalue weighted by atomic mass is 10.0. The Morgan fingerprint density at radius 1 is 1.19 bits per heavy atom. The van der Waals surface area contributed by atoms with Gasteiger partial charge in [0.05, 0.1) is 30.9 Å². The zero-order valence-electron chi connectivity index (χ0n) is 11.9. The number of hydrogen-bond acceptors (Lipinski definition) is 3. The largest absolute Gasteiger partial charge is 0.472 e. The second kappa shape index (κ2) is 5.97. The highest BCUT2D eigenvalue weighted by Crippen LogP contribution is 2.25. The number of aliphatic hydroxyl groups excluding tert-OH is 1. The lowest BCUT2D eigenvalue weighted by Crippen LogP contribution is -2.14. The van der Waals surface area contributed by atoms with Crippen LogP contribution < -0.4 is 0 Å². The van der Waals surface area contributed by atoms with Crippen LogP contribution in [0.3, 0.4) is 0 Å². The smallest absolute Gasteiger partial charge is 0.0980 e. The van der Waals surface area contributed by atoms with E-state index in [-0.39, 0.29) is 6.10 Å². The van der Waals surface area contributed by atoms with Crippen molar-refractivity contribution < 1.29 is 9.52 Å². The van der Waals surface area contributed by atoms with E-state index in [4.69, 9.17) is 4.42 Å². The predicted octanol–water partition coefficient (Wildman–Crippen LogP) is 3.58. The normalized spacial score (nSPS) is 12.5. The average Bonchev–Trinajstić information content (AvgIpc) is 3.19. The van der Waals surface area contributed by atoms with Crippen molar-refractivity contribution in [1.82, 2.24) is 9.78 Å². The molecule has 1 N–H and O–H groups in total. The van der Waals surface area contributed by atoms with Crippen LogP contribution in [0.1, 0.15) is 13.3 Å². The quantitative estimate of drug-likeness (QED) is 0.778. The van der Waals surface area contributed by atoms with Crippen LogP contribution in [0.2, 0.25) is 0 Å². The summed E-state index contributed by atoms with van der Waals surface area (Å²) in [5.74, 6) is 0. The zero-order chi connectivity index (χ0) is 14.7. The number of aliphatic hydroxyl groups is 1. The number of benzene rings is 1. The van der Waals surface area contributed by atoms with Gasteiger partial charge in [-0.25, -0.2) is 0 Å². The molecule has 1 atom stereocenters. The van der Waals surface area contributed by atoms with Crippen molar-refractivity contribution in [1.29, 1.82) is 0 Å². The summed E-state index contributed by atoms with van der Waals surface area (Å²) >= 11 is 0. The monoisotopic (exact) mass is 282 g/mol. The van der Waals surface area contributed by atoms with Crippen molar-refractivity contribution in [3.8, 4) is 22.4 Å². The maximum absolute atomic E-state index is 9.69. The lowest BCUT2D eigenvalue weighted by molar-refractivity contribution is 0.145. The summed E-state index contributed by atoms with van der Waals surface area (Å²) in [4.78, 5) is 0. The molecule has 21 heavy (non-hydrogen) atoms. The first-order valence-electron chi connectivity index (χ1n) is 7.11. The predicted molar refractivity (Wildman–Crippen MR) is 81.7 cm³/mol. The Kier molecular flexibility index (Phi) is 3.88. The van der Waals surface area contributed by atoms with E-state index < -0.39 is 0 Å². The van der Waals surface area contributed by atoms with Gasteiger partial charge in [0.2, 0.25) is 0 Å². The van der Waals surface area contributed by atoms with Crippen LogP contribution in [0, 0.1) is 0 Å². The Bertz CT molecular complexity index is 701. The molecule has 0 saturated heterocycles. The van der Waals surface area contributed by atoms with E-state index in [9.17, 15) is 5.11 Å². The minimum atomic E-state index is -0.352. The molecular weight excluding hydrogens is 264 g/mol. The molecule has 4 nitrogen and oxygen atoms in total. The molecule has 3 rings (SSSR count). The number of nitrogens with zero attached hydrogens (tertiary/aromatic N) is 2. The Labute approximate surface area is 123 Å². The highest BCUT2D eigenvalue weighted by Gasteiger charge is 2.07. The Hall–Kier alpha value is -2.33. The third-order valence-electron chi connectivity index (χ3n) is 3.52. The van der Waals surface area contributed by atoms with Crippen molar-refractivity contribution in [2.24, 2.45) is 0 Å². The molecule has 0 saturated carbocycles. The van der Waals surface area contributed by atoms with E-state index in [1.807, 2.05) is 43.5 Å². The molecule has 4 heteroatoms. The van der Waals surface area contributed by atoms with E-state index in [1.165, 1.54) is 0 Å². The van der Waals surface area contributed by atoms with Gasteiger partial charge < -0.3 is 9.52 Å². The molecule has 0 amide bonds. The molecule has 1 aromatic carbocycles. The average molecular weight is 282 g/mol. The van der Waals surface area contributed by atoms with E-state index in [0.29, 0.717) is 6.54 Å². The fraction of sp³-hybridized carbons (Fsp3) is 0.235. The molecular formula is C17H18N2O2. The first-order chi connectivity index (χ1) is 10.3. The van der Waals surface area contributed by atoms with Crippen LogP contribution in [-0.4, -0.2) is 21.0 Å². The molecule has 108 valence electrons. The third-order valence-corrected chi connectivity index (χ3v) is 3.52. The maximum Gasteiger partial charge on any atom is 0.0980 e. The second-order valence-corrected chi connectivity index (χ2v) is 5.08. The fourth-order valence-corrected chi connectivity index (χ4v) is 2.25. The summed E-state index contributed by atoms with van der Waals surface area (Å²) in [6.07, 6.45) is 5.68. The van der Waals surface area contributed by atoms with Gasteiger partial charge in [0, 0.05) is 17.3 Å². The summed E-state index contributed by atoms with van der Waals surface area (Å²) in [5, 5.41) is 14.2. The van der Waals surface area contributed by atoms with Gasteiger partial charge in [-0.2, -0.15) is 5.10 Å². The van der Waals surface area contributed by atoms with E-state index in [2.05, 4.69) is 11.2 Å². The van der Waals surface area contributed by atoms with Gasteiger partial charge in [-0.3, -0.25) is 4.68 Å². The van der Waals surface area contributed by atoms with Crippen molar-refractivity contribution in [2.45, 2.75) is 26.0 Å². The molecule has 0 aliphatic heterocycles. The summed E-state index contributed by atoms with van der Waals surface area (Å²) in [6.45, 7) is 2.49. The first kappa shape index (κ1) is 13.6. The van der Waals surface area contributed by atoms with Crippen molar-refractivity contribution in [2.75, 3.05) is 0 Å². The molecule has 0 radical (unpaired) electrons. The molecule has 0 aliphatic carbocycles. The SMILES string of the molecule is CCC(O)Cn1ccc(-c2cccc(-c3ccoc3)c2)n1. The second-order valence-electron chi connectivity index (χ2n) is 5.08. The molecule has 1 unspecified atom stereocenters. The highest BCUT2D eigenvalue weighted by atomic mass is 16.3. The topological polar surface area (TPSA) is 51.2 Å². The maximum atomic E-state index is 9.69. The van der Waals surface area contributed by atoms with Gasteiger partial charge in [0.25, 0.3) is 0 Å². The van der Waals surface area contributed by atoms with E-state index in [0.717, 1.165) is 28.8 Å². The lowest BCUT2D eigenvalue weighted by Gasteiger charge is -2.07.